The predicted molar refractivity (Wildman–Crippen MR) is 201 cm³/mol. The molecule has 8 rings (SSSR count). The van der Waals surface area contributed by atoms with Gasteiger partial charge in [-0.25, -0.2) is 4.79 Å². The number of primary amides is 1. The Morgan fingerprint density at radius 3 is 1.59 bits per heavy atom. The van der Waals surface area contributed by atoms with Crippen molar-refractivity contribution in [3.05, 3.63) is 118 Å². The Labute approximate surface area is 313 Å². The van der Waals surface area contributed by atoms with Gasteiger partial charge in [-0.2, -0.15) is 0 Å². The van der Waals surface area contributed by atoms with Crippen molar-refractivity contribution in [3.8, 4) is 0 Å². The number of carbonyl (C=O) groups is 6. The minimum Gasteiger partial charge on any atom is -0.441 e. The van der Waals surface area contributed by atoms with Gasteiger partial charge in [0.2, 0.25) is 5.91 Å². The Kier molecular flexibility index (Phi) is 8.43. The molecule has 1 saturated heterocycles. The van der Waals surface area contributed by atoms with Gasteiger partial charge in [-0.05, 0) is 80.0 Å². The molecule has 5 heterocycles. The summed E-state index contributed by atoms with van der Waals surface area (Å²) in [5.74, 6) is -2.57. The van der Waals surface area contributed by atoms with Gasteiger partial charge in [0.1, 0.15) is 8.07 Å². The molecule has 0 aliphatic carbocycles. The van der Waals surface area contributed by atoms with Gasteiger partial charge in [0, 0.05) is 59.4 Å². The van der Waals surface area contributed by atoms with Crippen LogP contribution >= 0.6 is 0 Å². The van der Waals surface area contributed by atoms with E-state index in [1.807, 2.05) is 62.3 Å². The number of carbonyl (C=O) groups excluding carboxylic acids is 6. The number of benzene rings is 3. The fourth-order valence-corrected chi connectivity index (χ4v) is 15.1. The molecule has 12 nitrogen and oxygen atoms in total. The third-order valence-electron chi connectivity index (χ3n) is 11.9. The van der Waals surface area contributed by atoms with Crippen LogP contribution in [0.4, 0.5) is 0 Å². The minimum absolute atomic E-state index is 0.255. The van der Waals surface area contributed by atoms with E-state index in [0.29, 0.717) is 24.0 Å². The predicted octanol–water partition coefficient (Wildman–Crippen LogP) is 1.63. The van der Waals surface area contributed by atoms with Gasteiger partial charge in [-0.15, -0.1) is 0 Å². The van der Waals surface area contributed by atoms with E-state index in [2.05, 4.69) is 12.1 Å². The van der Waals surface area contributed by atoms with Crippen molar-refractivity contribution in [1.29, 1.82) is 0 Å². The number of hydrogen-bond acceptors (Lipinski definition) is 9. The topological polar surface area (TPSA) is 151 Å². The van der Waals surface area contributed by atoms with Crippen LogP contribution in [0, 0.1) is 0 Å². The van der Waals surface area contributed by atoms with Crippen molar-refractivity contribution in [2.24, 2.45) is 5.73 Å². The largest absolute Gasteiger partial charge is 0.441 e. The lowest BCUT2D eigenvalue weighted by Gasteiger charge is -2.46. The molecule has 2 N–H and O–H groups in total. The summed E-state index contributed by atoms with van der Waals surface area (Å²) in [5.41, 5.74) is 9.11. The highest BCUT2D eigenvalue weighted by atomic mass is 28.3. The van der Waals surface area contributed by atoms with E-state index in [4.69, 9.17) is 10.5 Å². The maximum Gasteiger partial charge on any atom is 0.340 e. The second kappa shape index (κ2) is 12.8. The summed E-state index contributed by atoms with van der Waals surface area (Å²) in [4.78, 5) is 84.0. The summed E-state index contributed by atoms with van der Waals surface area (Å²) in [6.07, 6.45) is 6.89. The number of ether oxygens (including phenoxy) is 1. The van der Waals surface area contributed by atoms with Gasteiger partial charge >= 0.3 is 5.97 Å². The van der Waals surface area contributed by atoms with Crippen LogP contribution in [0.1, 0.15) is 61.4 Å². The van der Waals surface area contributed by atoms with Gasteiger partial charge in [-0.3, -0.25) is 43.6 Å². The molecule has 3 aromatic rings. The average molecular weight is 744 g/mol. The molecule has 0 bridgehead atoms. The van der Waals surface area contributed by atoms with Gasteiger partial charge in [0.25, 0.3) is 23.6 Å². The third-order valence-corrected chi connectivity index (χ3v) is 17.2. The monoisotopic (exact) mass is 743 g/mol. The van der Waals surface area contributed by atoms with Crippen LogP contribution in [-0.4, -0.2) is 104 Å². The Morgan fingerprint density at radius 1 is 0.704 bits per heavy atom. The zero-order valence-electron chi connectivity index (χ0n) is 30.6. The molecule has 2 unspecified atom stereocenters. The van der Waals surface area contributed by atoms with E-state index in [-0.39, 0.29) is 29.2 Å². The molecule has 5 aliphatic heterocycles. The number of amides is 5. The number of likely N-dealkylation sites (N-methyl/N-ethyl adjacent to an activating group) is 2. The molecular formula is C41H41N5O7Si. The summed E-state index contributed by atoms with van der Waals surface area (Å²) < 4.78 is 6.59. The third kappa shape index (κ3) is 5.24. The Bertz CT molecular complexity index is 2110. The summed E-state index contributed by atoms with van der Waals surface area (Å²) in [5, 5.41) is 2.22. The second-order valence-electron chi connectivity index (χ2n) is 15.3. The fourth-order valence-electron chi connectivity index (χ4n) is 9.31. The number of fused-ring (bicyclic) bond motifs is 8. The first-order valence-electron chi connectivity index (χ1n) is 18.2. The smallest absolute Gasteiger partial charge is 0.340 e. The van der Waals surface area contributed by atoms with Crippen LogP contribution in [0.3, 0.4) is 0 Å². The first-order valence-corrected chi connectivity index (χ1v) is 20.6. The Morgan fingerprint density at radius 2 is 1.17 bits per heavy atom. The summed E-state index contributed by atoms with van der Waals surface area (Å²) >= 11 is 0. The SMILES string of the molecule is CN(C)C(Cc1ccc2c(c1)[Si]1(CCCC1)c1cc(CC(N(C)C)N3C(=O)C=CC3=O)ccc1C21OC(=O)c2ccc(C(N)=O)cc21)N1C(=O)C=CC1=O. The number of esters is 1. The average Bonchev–Trinajstić information content (AvgIpc) is 3.91. The van der Waals surface area contributed by atoms with E-state index >= 15 is 0 Å². The minimum atomic E-state index is -2.60. The summed E-state index contributed by atoms with van der Waals surface area (Å²) in [6, 6.07) is 19.1. The highest BCUT2D eigenvalue weighted by molar-refractivity contribution is 7.03. The zero-order valence-corrected chi connectivity index (χ0v) is 31.6. The van der Waals surface area contributed by atoms with E-state index in [0.717, 1.165) is 57.6 Å². The molecule has 0 saturated carbocycles. The second-order valence-corrected chi connectivity index (χ2v) is 19.5. The molecule has 2 atom stereocenters. The zero-order chi connectivity index (χ0) is 38.3. The number of nitrogens with zero attached hydrogens (tertiary/aromatic N) is 4. The fraction of sp³-hybridized carbons (Fsp3) is 0.317. The molecule has 54 heavy (non-hydrogen) atoms. The van der Waals surface area contributed by atoms with E-state index in [9.17, 15) is 28.8 Å². The molecule has 13 heteroatoms. The maximum atomic E-state index is 13.9. The summed E-state index contributed by atoms with van der Waals surface area (Å²) in [6.45, 7) is 0. The van der Waals surface area contributed by atoms with E-state index < -0.39 is 37.9 Å². The van der Waals surface area contributed by atoms with Crippen LogP contribution in [0.25, 0.3) is 0 Å². The van der Waals surface area contributed by atoms with Crippen LogP contribution in [0.15, 0.2) is 78.9 Å². The number of imide groups is 2. The number of rotatable bonds is 9. The van der Waals surface area contributed by atoms with E-state index in [1.165, 1.54) is 34.1 Å². The van der Waals surface area contributed by atoms with Crippen molar-refractivity contribution >= 4 is 54.0 Å². The highest BCUT2D eigenvalue weighted by Gasteiger charge is 2.59. The summed E-state index contributed by atoms with van der Waals surface area (Å²) in [7, 11) is 4.76. The lowest BCUT2D eigenvalue weighted by Crippen LogP contribution is -2.65. The van der Waals surface area contributed by atoms with E-state index in [1.54, 1.807) is 18.2 Å². The first-order chi connectivity index (χ1) is 25.8. The highest BCUT2D eigenvalue weighted by Crippen LogP contribution is 2.51. The molecule has 5 amide bonds. The van der Waals surface area contributed by atoms with Crippen molar-refractivity contribution < 1.29 is 33.5 Å². The first kappa shape index (κ1) is 35.5. The molecule has 3 aromatic carbocycles. The quantitative estimate of drug-likeness (QED) is 0.196. The van der Waals surface area contributed by atoms with Crippen LogP contribution in [0.5, 0.6) is 0 Å². The van der Waals surface area contributed by atoms with Crippen LogP contribution in [-0.2, 0) is 42.4 Å². The lowest BCUT2D eigenvalue weighted by molar-refractivity contribution is -0.144. The Hall–Kier alpha value is -5.50. The van der Waals surface area contributed by atoms with Crippen molar-refractivity contribution in [2.45, 2.75) is 55.7 Å². The molecule has 5 aliphatic rings. The van der Waals surface area contributed by atoms with Gasteiger partial charge in [0.15, 0.2) is 5.60 Å². The molecule has 0 aromatic heterocycles. The molecule has 276 valence electrons. The molecular weight excluding hydrogens is 703 g/mol. The normalized spacial score (nSPS) is 21.9. The van der Waals surface area contributed by atoms with Gasteiger partial charge < -0.3 is 10.5 Å². The van der Waals surface area contributed by atoms with Crippen LogP contribution in [0.2, 0.25) is 12.1 Å². The van der Waals surface area contributed by atoms with Crippen molar-refractivity contribution in [1.82, 2.24) is 19.6 Å². The molecule has 2 spiro atoms. The van der Waals surface area contributed by atoms with Crippen molar-refractivity contribution in [3.63, 3.8) is 0 Å². The van der Waals surface area contributed by atoms with Crippen LogP contribution < -0.4 is 16.1 Å². The van der Waals surface area contributed by atoms with Gasteiger partial charge in [0.05, 0.1) is 17.9 Å². The van der Waals surface area contributed by atoms with Crippen molar-refractivity contribution in [2.75, 3.05) is 28.2 Å². The maximum absolute atomic E-state index is 13.9. The molecule has 0 radical (unpaired) electrons. The lowest BCUT2D eigenvalue weighted by atomic mass is 9.78. The number of hydrogen-bond donors (Lipinski definition) is 1. The Balaban J connectivity index is 1.33. The number of nitrogens with two attached hydrogens (primary N) is 1. The standard InChI is InChI=1S/C41H41N5O7Si/c1-43(2)33(45-35(47)13-14-36(45)48)21-24-7-11-28-31(19-24)54(17-5-6-18-54)32-20-25(22-34(44(3)4)46-37(49)15-16-38(46)50)8-12-29(32)41(28)30-23-26(39(42)51)9-10-27(30)40(52)53-41/h7-16,19-20,23,33-34H,5-6,17-18,21-22H2,1-4H3,(H2,42,51). The van der Waals surface area contributed by atoms with Gasteiger partial charge in [-0.1, -0.05) is 49.2 Å². The molecule has 1 fully saturated rings.